The second-order valence-corrected chi connectivity index (χ2v) is 6.92. The maximum absolute atomic E-state index is 13.7. The molecule has 0 atom stereocenters. The normalized spacial score (nSPS) is 19.0. The highest BCUT2D eigenvalue weighted by atomic mass is 19.2. The standard InChI is InChI=1S/C16H18BF3N2O2/c1-15(2)16(3,4)24-17(23-15)11-7-21-22(9-11)8-10-5-13(19)14(20)6-12(10)18/h5-7,9H,8H2,1-4H3. The molecule has 4 nitrogen and oxygen atoms in total. The van der Waals surface area contributed by atoms with Gasteiger partial charge in [0, 0.05) is 29.5 Å². The average molecular weight is 338 g/mol. The van der Waals surface area contributed by atoms with Gasteiger partial charge in [-0.05, 0) is 33.8 Å². The van der Waals surface area contributed by atoms with E-state index in [1.807, 2.05) is 27.7 Å². The van der Waals surface area contributed by atoms with Crippen molar-refractivity contribution in [2.45, 2.75) is 45.4 Å². The van der Waals surface area contributed by atoms with Gasteiger partial charge in [-0.3, -0.25) is 4.68 Å². The monoisotopic (exact) mass is 338 g/mol. The number of benzene rings is 1. The number of halogens is 3. The van der Waals surface area contributed by atoms with Crippen LogP contribution in [-0.4, -0.2) is 28.1 Å². The van der Waals surface area contributed by atoms with Crippen LogP contribution < -0.4 is 5.46 Å². The Hall–Kier alpha value is -1.80. The molecule has 0 amide bonds. The molecule has 0 saturated carbocycles. The van der Waals surface area contributed by atoms with E-state index in [1.54, 1.807) is 12.4 Å². The van der Waals surface area contributed by atoms with Crippen LogP contribution in [0.2, 0.25) is 0 Å². The molecule has 1 aliphatic rings. The van der Waals surface area contributed by atoms with Gasteiger partial charge in [0.25, 0.3) is 0 Å². The molecule has 8 heteroatoms. The molecule has 3 rings (SSSR count). The molecule has 2 aromatic rings. The quantitative estimate of drug-likeness (QED) is 0.638. The fourth-order valence-corrected chi connectivity index (χ4v) is 2.43. The van der Waals surface area contributed by atoms with Gasteiger partial charge in [-0.2, -0.15) is 5.10 Å². The van der Waals surface area contributed by atoms with E-state index >= 15 is 0 Å². The summed E-state index contributed by atoms with van der Waals surface area (Å²) in [4.78, 5) is 0. The van der Waals surface area contributed by atoms with E-state index in [4.69, 9.17) is 9.31 Å². The van der Waals surface area contributed by atoms with E-state index in [-0.39, 0.29) is 12.1 Å². The molecule has 0 aliphatic carbocycles. The van der Waals surface area contributed by atoms with Gasteiger partial charge < -0.3 is 9.31 Å². The predicted octanol–water partition coefficient (Wildman–Crippen LogP) is 2.65. The van der Waals surface area contributed by atoms with E-state index in [0.717, 1.165) is 6.07 Å². The minimum Gasteiger partial charge on any atom is -0.399 e. The van der Waals surface area contributed by atoms with Crippen LogP contribution in [0.3, 0.4) is 0 Å². The van der Waals surface area contributed by atoms with Crippen molar-refractivity contribution in [2.24, 2.45) is 0 Å². The molecule has 1 aliphatic heterocycles. The molecule has 1 aromatic carbocycles. The second-order valence-electron chi connectivity index (χ2n) is 6.92. The van der Waals surface area contributed by atoms with Crippen LogP contribution in [0.4, 0.5) is 13.2 Å². The molecule has 0 spiro atoms. The van der Waals surface area contributed by atoms with Crippen molar-refractivity contribution in [1.82, 2.24) is 9.78 Å². The van der Waals surface area contributed by atoms with Crippen LogP contribution >= 0.6 is 0 Å². The summed E-state index contributed by atoms with van der Waals surface area (Å²) < 4.78 is 53.2. The van der Waals surface area contributed by atoms with Crippen LogP contribution in [0.5, 0.6) is 0 Å². The Morgan fingerprint density at radius 2 is 1.58 bits per heavy atom. The van der Waals surface area contributed by atoms with Crippen molar-refractivity contribution in [1.29, 1.82) is 0 Å². The van der Waals surface area contributed by atoms with E-state index in [1.165, 1.54) is 4.68 Å². The first-order valence-corrected chi connectivity index (χ1v) is 7.60. The van der Waals surface area contributed by atoms with Gasteiger partial charge in [0.05, 0.1) is 17.7 Å². The number of hydrogen-bond acceptors (Lipinski definition) is 3. The first-order valence-electron chi connectivity index (χ1n) is 7.60. The highest BCUT2D eigenvalue weighted by Gasteiger charge is 2.52. The predicted molar refractivity (Wildman–Crippen MR) is 83.4 cm³/mol. The molecule has 24 heavy (non-hydrogen) atoms. The third-order valence-corrected chi connectivity index (χ3v) is 4.60. The van der Waals surface area contributed by atoms with Crippen molar-refractivity contribution in [3.63, 3.8) is 0 Å². The van der Waals surface area contributed by atoms with E-state index in [2.05, 4.69) is 5.10 Å². The van der Waals surface area contributed by atoms with Gasteiger partial charge >= 0.3 is 7.12 Å². The van der Waals surface area contributed by atoms with Crippen LogP contribution in [0.1, 0.15) is 33.3 Å². The van der Waals surface area contributed by atoms with Crippen LogP contribution in [0, 0.1) is 17.5 Å². The van der Waals surface area contributed by atoms with Gasteiger partial charge in [0.1, 0.15) is 5.82 Å². The van der Waals surface area contributed by atoms with E-state index in [9.17, 15) is 13.2 Å². The largest absolute Gasteiger partial charge is 0.498 e. The lowest BCUT2D eigenvalue weighted by molar-refractivity contribution is 0.00578. The lowest BCUT2D eigenvalue weighted by Crippen LogP contribution is -2.41. The Morgan fingerprint density at radius 3 is 2.21 bits per heavy atom. The number of rotatable bonds is 3. The molecule has 1 fully saturated rings. The number of nitrogens with zero attached hydrogens (tertiary/aromatic N) is 2. The van der Waals surface area contributed by atoms with Crippen molar-refractivity contribution < 1.29 is 22.5 Å². The zero-order chi connectivity index (χ0) is 17.7. The van der Waals surface area contributed by atoms with Crippen molar-refractivity contribution >= 4 is 12.6 Å². The third-order valence-electron chi connectivity index (χ3n) is 4.60. The summed E-state index contributed by atoms with van der Waals surface area (Å²) in [6, 6.07) is 1.37. The third kappa shape index (κ3) is 2.96. The first kappa shape index (κ1) is 17.0. The summed E-state index contributed by atoms with van der Waals surface area (Å²) in [5, 5.41) is 4.12. The summed E-state index contributed by atoms with van der Waals surface area (Å²) in [5.41, 5.74) is -0.271. The minimum atomic E-state index is -1.21. The summed E-state index contributed by atoms with van der Waals surface area (Å²) >= 11 is 0. The molecule has 0 N–H and O–H groups in total. The Balaban J connectivity index is 1.79. The summed E-state index contributed by atoms with van der Waals surface area (Å²) in [5.74, 6) is -3.12. The molecule has 2 heterocycles. The molecule has 1 aromatic heterocycles. The van der Waals surface area contributed by atoms with Gasteiger partial charge in [-0.25, -0.2) is 13.2 Å². The average Bonchev–Trinajstić information content (AvgIpc) is 2.99. The Morgan fingerprint density at radius 1 is 1.00 bits per heavy atom. The molecular formula is C16H18BF3N2O2. The number of hydrogen-bond donors (Lipinski definition) is 0. The zero-order valence-electron chi connectivity index (χ0n) is 13.9. The van der Waals surface area contributed by atoms with Gasteiger partial charge in [0.15, 0.2) is 11.6 Å². The van der Waals surface area contributed by atoms with E-state index in [0.29, 0.717) is 11.5 Å². The molecule has 128 valence electrons. The van der Waals surface area contributed by atoms with Crippen molar-refractivity contribution in [2.75, 3.05) is 0 Å². The van der Waals surface area contributed by atoms with Gasteiger partial charge in [0.2, 0.25) is 0 Å². The first-order chi connectivity index (χ1) is 11.1. The number of aromatic nitrogens is 2. The van der Waals surface area contributed by atoms with Crippen LogP contribution in [-0.2, 0) is 15.9 Å². The fourth-order valence-electron chi connectivity index (χ4n) is 2.43. The summed E-state index contributed by atoms with van der Waals surface area (Å²) in [6.45, 7) is 7.73. The van der Waals surface area contributed by atoms with Gasteiger partial charge in [-0.1, -0.05) is 0 Å². The lowest BCUT2D eigenvalue weighted by Gasteiger charge is -2.32. The molecule has 0 unspecified atom stereocenters. The van der Waals surface area contributed by atoms with Gasteiger partial charge in [-0.15, -0.1) is 0 Å². The SMILES string of the molecule is CC1(C)OB(c2cnn(Cc3cc(F)c(F)cc3F)c2)OC1(C)C. The minimum absolute atomic E-state index is 0.0115. The smallest absolute Gasteiger partial charge is 0.399 e. The summed E-state index contributed by atoms with van der Waals surface area (Å²) in [6.07, 6.45) is 3.20. The van der Waals surface area contributed by atoms with Crippen molar-refractivity contribution in [3.05, 3.63) is 47.5 Å². The lowest BCUT2D eigenvalue weighted by atomic mass is 9.82. The fraction of sp³-hybridized carbons (Fsp3) is 0.438. The maximum Gasteiger partial charge on any atom is 0.498 e. The second kappa shape index (κ2) is 5.63. The Bertz CT molecular complexity index is 761. The molecule has 1 saturated heterocycles. The zero-order valence-corrected chi connectivity index (χ0v) is 13.9. The molecule has 0 radical (unpaired) electrons. The Kier molecular flexibility index (Phi) is 4.00. The summed E-state index contributed by atoms with van der Waals surface area (Å²) in [7, 11) is -0.585. The highest BCUT2D eigenvalue weighted by molar-refractivity contribution is 6.61. The van der Waals surface area contributed by atoms with Crippen LogP contribution in [0.25, 0.3) is 0 Å². The molecular weight excluding hydrogens is 320 g/mol. The topological polar surface area (TPSA) is 36.3 Å². The molecule has 0 bridgehead atoms. The van der Waals surface area contributed by atoms with Crippen molar-refractivity contribution in [3.8, 4) is 0 Å². The Labute approximate surface area is 138 Å². The van der Waals surface area contributed by atoms with Crippen LogP contribution in [0.15, 0.2) is 24.5 Å². The highest BCUT2D eigenvalue weighted by Crippen LogP contribution is 2.36. The van der Waals surface area contributed by atoms with E-state index < -0.39 is 35.8 Å². The maximum atomic E-state index is 13.7.